The lowest BCUT2D eigenvalue weighted by molar-refractivity contribution is -0.142. The normalized spacial score (nSPS) is 10.7. The van der Waals surface area contributed by atoms with Crippen molar-refractivity contribution in [2.75, 3.05) is 6.61 Å². The van der Waals surface area contributed by atoms with Crippen molar-refractivity contribution in [2.24, 2.45) is 0 Å². The maximum atomic E-state index is 12.8. The topological polar surface area (TPSA) is 78.3 Å². The molecule has 1 aromatic heterocycles. The van der Waals surface area contributed by atoms with E-state index in [1.165, 1.54) is 23.0 Å². The summed E-state index contributed by atoms with van der Waals surface area (Å²) in [5.74, 6) is -1.49. The number of halogens is 1. The van der Waals surface area contributed by atoms with E-state index >= 15 is 0 Å². The molecule has 0 saturated heterocycles. The Morgan fingerprint density at radius 3 is 2.58 bits per heavy atom. The van der Waals surface area contributed by atoms with E-state index in [-0.39, 0.29) is 24.1 Å². The molecular formula is C19H15FN2O4. The largest absolute Gasteiger partial charge is 0.457 e. The number of aryl methyl sites for hydroxylation is 1. The zero-order chi connectivity index (χ0) is 18.5. The summed E-state index contributed by atoms with van der Waals surface area (Å²) in [5.41, 5.74) is 0.598. The third kappa shape index (κ3) is 4.00. The fraction of sp³-hybridized carbons (Fsp3) is 0.158. The van der Waals surface area contributed by atoms with Crippen LogP contribution in [0.3, 0.4) is 0 Å². The molecule has 3 aromatic rings. The second kappa shape index (κ2) is 7.69. The van der Waals surface area contributed by atoms with Crippen molar-refractivity contribution in [3.63, 3.8) is 0 Å². The molecule has 0 radical (unpaired) electrons. The van der Waals surface area contributed by atoms with Crippen LogP contribution in [0.25, 0.3) is 10.9 Å². The molecule has 26 heavy (non-hydrogen) atoms. The molecule has 3 rings (SSSR count). The van der Waals surface area contributed by atoms with Crippen LogP contribution in [0.2, 0.25) is 0 Å². The summed E-state index contributed by atoms with van der Waals surface area (Å²) >= 11 is 0. The lowest BCUT2D eigenvalue weighted by Gasteiger charge is -2.07. The molecule has 0 fully saturated rings. The van der Waals surface area contributed by atoms with Crippen LogP contribution in [0.5, 0.6) is 0 Å². The molecular weight excluding hydrogens is 339 g/mol. The molecule has 132 valence electrons. The van der Waals surface area contributed by atoms with Gasteiger partial charge in [0.2, 0.25) is 0 Å². The van der Waals surface area contributed by atoms with Crippen molar-refractivity contribution in [3.8, 4) is 0 Å². The molecule has 2 aromatic carbocycles. The standard InChI is InChI=1S/C19H15FN2O4/c20-14-7-5-13(6-8-14)17(23)11-26-18(24)9-10-22-12-21-16-4-2-1-3-15(16)19(22)25/h1-8,12H,9-11H2. The highest BCUT2D eigenvalue weighted by atomic mass is 19.1. The highest BCUT2D eigenvalue weighted by Gasteiger charge is 2.11. The number of carbonyl (C=O) groups excluding carboxylic acids is 2. The van der Waals surface area contributed by atoms with Crippen LogP contribution in [-0.4, -0.2) is 27.9 Å². The molecule has 0 atom stereocenters. The van der Waals surface area contributed by atoms with E-state index in [4.69, 9.17) is 4.74 Å². The van der Waals surface area contributed by atoms with E-state index in [9.17, 15) is 18.8 Å². The molecule has 0 aliphatic carbocycles. The molecule has 0 aliphatic heterocycles. The Morgan fingerprint density at radius 2 is 1.81 bits per heavy atom. The first-order chi connectivity index (χ1) is 12.5. The number of benzene rings is 2. The van der Waals surface area contributed by atoms with Crippen molar-refractivity contribution < 1.29 is 18.7 Å². The summed E-state index contributed by atoms with van der Waals surface area (Å²) in [4.78, 5) is 40.2. The molecule has 0 unspecified atom stereocenters. The van der Waals surface area contributed by atoms with Gasteiger partial charge in [-0.3, -0.25) is 19.0 Å². The van der Waals surface area contributed by atoms with Crippen molar-refractivity contribution in [1.29, 1.82) is 0 Å². The number of carbonyl (C=O) groups is 2. The number of ether oxygens (including phenoxy) is 1. The van der Waals surface area contributed by atoms with Crippen LogP contribution < -0.4 is 5.56 Å². The third-order valence-electron chi connectivity index (χ3n) is 3.82. The quantitative estimate of drug-likeness (QED) is 0.502. The molecule has 0 spiro atoms. The Balaban J connectivity index is 1.56. The van der Waals surface area contributed by atoms with Gasteiger partial charge >= 0.3 is 5.97 Å². The Kier molecular flexibility index (Phi) is 5.17. The Labute approximate surface area is 147 Å². The molecule has 0 saturated carbocycles. The van der Waals surface area contributed by atoms with Gasteiger partial charge in [-0.1, -0.05) is 12.1 Å². The highest BCUT2D eigenvalue weighted by Crippen LogP contribution is 2.06. The van der Waals surface area contributed by atoms with Crippen LogP contribution >= 0.6 is 0 Å². The monoisotopic (exact) mass is 354 g/mol. The number of hydrogen-bond acceptors (Lipinski definition) is 5. The first kappa shape index (κ1) is 17.5. The van der Waals surface area contributed by atoms with Gasteiger partial charge in [-0.15, -0.1) is 0 Å². The van der Waals surface area contributed by atoms with Crippen LogP contribution in [0.4, 0.5) is 4.39 Å². The molecule has 0 aliphatic rings. The number of nitrogens with zero attached hydrogens (tertiary/aromatic N) is 2. The first-order valence-electron chi connectivity index (χ1n) is 7.93. The van der Waals surface area contributed by atoms with Gasteiger partial charge in [0, 0.05) is 12.1 Å². The van der Waals surface area contributed by atoms with Gasteiger partial charge in [-0.05, 0) is 36.4 Å². The predicted octanol–water partition coefficient (Wildman–Crippen LogP) is 2.35. The van der Waals surface area contributed by atoms with E-state index in [1.807, 2.05) is 0 Å². The van der Waals surface area contributed by atoms with Crippen LogP contribution in [0.1, 0.15) is 16.8 Å². The fourth-order valence-electron chi connectivity index (χ4n) is 2.41. The second-order valence-corrected chi connectivity index (χ2v) is 5.60. The predicted molar refractivity (Wildman–Crippen MR) is 92.3 cm³/mol. The molecule has 1 heterocycles. The van der Waals surface area contributed by atoms with Crippen LogP contribution in [0, 0.1) is 5.82 Å². The molecule has 7 heteroatoms. The van der Waals surface area contributed by atoms with Gasteiger partial charge in [-0.2, -0.15) is 0 Å². The molecule has 0 N–H and O–H groups in total. The summed E-state index contributed by atoms with van der Waals surface area (Å²) in [7, 11) is 0. The Bertz CT molecular complexity index is 1010. The van der Waals surface area contributed by atoms with Crippen molar-refractivity contribution in [1.82, 2.24) is 9.55 Å². The van der Waals surface area contributed by atoms with E-state index < -0.39 is 24.2 Å². The average molecular weight is 354 g/mol. The summed E-state index contributed by atoms with van der Waals surface area (Å²) in [6.45, 7) is -0.338. The zero-order valence-electron chi connectivity index (χ0n) is 13.7. The lowest BCUT2D eigenvalue weighted by atomic mass is 10.1. The molecule has 6 nitrogen and oxygen atoms in total. The smallest absolute Gasteiger partial charge is 0.308 e. The number of hydrogen-bond donors (Lipinski definition) is 0. The van der Waals surface area contributed by atoms with Gasteiger partial charge in [0.15, 0.2) is 12.4 Å². The number of aromatic nitrogens is 2. The average Bonchev–Trinajstić information content (AvgIpc) is 2.66. The number of fused-ring (bicyclic) bond motifs is 1. The van der Waals surface area contributed by atoms with Crippen molar-refractivity contribution in [2.45, 2.75) is 13.0 Å². The minimum atomic E-state index is -0.611. The van der Waals surface area contributed by atoms with E-state index in [1.54, 1.807) is 24.3 Å². The fourth-order valence-corrected chi connectivity index (χ4v) is 2.41. The zero-order valence-corrected chi connectivity index (χ0v) is 13.7. The van der Waals surface area contributed by atoms with Crippen LogP contribution in [0.15, 0.2) is 59.7 Å². The van der Waals surface area contributed by atoms with Crippen LogP contribution in [-0.2, 0) is 16.1 Å². The number of para-hydroxylation sites is 1. The SMILES string of the molecule is O=C(CCn1cnc2ccccc2c1=O)OCC(=O)c1ccc(F)cc1. The first-order valence-corrected chi connectivity index (χ1v) is 7.93. The number of Topliss-reactive ketones (excluding diaryl/α,β-unsaturated/α-hetero) is 1. The summed E-state index contributed by atoms with van der Waals surface area (Å²) < 4.78 is 19.1. The minimum absolute atomic E-state index is 0.0728. The van der Waals surface area contributed by atoms with E-state index in [2.05, 4.69) is 4.98 Å². The van der Waals surface area contributed by atoms with Gasteiger partial charge in [0.25, 0.3) is 5.56 Å². The van der Waals surface area contributed by atoms with Gasteiger partial charge in [-0.25, -0.2) is 9.37 Å². The number of ketones is 1. The Morgan fingerprint density at radius 1 is 1.08 bits per heavy atom. The molecule has 0 amide bonds. The van der Waals surface area contributed by atoms with Gasteiger partial charge < -0.3 is 4.74 Å². The Hall–Kier alpha value is -3.35. The van der Waals surface area contributed by atoms with Gasteiger partial charge in [0.05, 0.1) is 23.7 Å². The maximum absolute atomic E-state index is 12.8. The number of esters is 1. The van der Waals surface area contributed by atoms with E-state index in [0.717, 1.165) is 12.1 Å². The van der Waals surface area contributed by atoms with Crippen molar-refractivity contribution in [3.05, 3.63) is 76.6 Å². The molecule has 0 bridgehead atoms. The van der Waals surface area contributed by atoms with Crippen molar-refractivity contribution >= 4 is 22.7 Å². The summed E-state index contributed by atoms with van der Waals surface area (Å²) in [6.07, 6.45) is 1.30. The number of rotatable bonds is 6. The lowest BCUT2D eigenvalue weighted by Crippen LogP contribution is -2.23. The summed E-state index contributed by atoms with van der Waals surface area (Å²) in [6, 6.07) is 11.9. The highest BCUT2D eigenvalue weighted by molar-refractivity contribution is 5.97. The van der Waals surface area contributed by atoms with E-state index in [0.29, 0.717) is 10.9 Å². The minimum Gasteiger partial charge on any atom is -0.457 e. The maximum Gasteiger partial charge on any atom is 0.308 e. The van der Waals surface area contributed by atoms with Gasteiger partial charge in [0.1, 0.15) is 5.82 Å². The third-order valence-corrected chi connectivity index (χ3v) is 3.82. The second-order valence-electron chi connectivity index (χ2n) is 5.60. The summed E-state index contributed by atoms with van der Waals surface area (Å²) in [5, 5.41) is 0.467.